The first kappa shape index (κ1) is 28.0. The lowest BCUT2D eigenvalue weighted by molar-refractivity contribution is 0.136. The molecule has 2 unspecified atom stereocenters. The van der Waals surface area contributed by atoms with E-state index >= 15 is 0 Å². The van der Waals surface area contributed by atoms with Crippen LogP contribution in [0.3, 0.4) is 0 Å². The molecule has 0 spiro atoms. The van der Waals surface area contributed by atoms with Gasteiger partial charge in [-0.05, 0) is 27.7 Å². The smallest absolute Gasteiger partial charge is 0.408 e. The highest BCUT2D eigenvalue weighted by atomic mass is 31.2. The van der Waals surface area contributed by atoms with Gasteiger partial charge in [-0.15, -0.1) is 0 Å². The molecule has 0 fully saturated rings. The Morgan fingerprint density at radius 2 is 1.26 bits per heavy atom. The third-order valence-electron chi connectivity index (χ3n) is 4.66. The second kappa shape index (κ2) is 11.0. The summed E-state index contributed by atoms with van der Waals surface area (Å²) >= 11 is 0. The maximum Gasteiger partial charge on any atom is 0.408 e. The van der Waals surface area contributed by atoms with Crippen LogP contribution in [-0.4, -0.2) is 76.1 Å². The highest BCUT2D eigenvalue weighted by Gasteiger charge is 2.57. The molecule has 196 valence electrons. The number of hydrogen-bond acceptors (Lipinski definition) is 10. The van der Waals surface area contributed by atoms with E-state index in [1.807, 2.05) is 0 Å². The Bertz CT molecular complexity index is 999. The fourth-order valence-electron chi connectivity index (χ4n) is 2.95. The number of aromatic amines is 2. The van der Waals surface area contributed by atoms with Crippen molar-refractivity contribution in [1.82, 2.24) is 41.0 Å². The summed E-state index contributed by atoms with van der Waals surface area (Å²) < 4.78 is 36.7. The third-order valence-corrected chi connectivity index (χ3v) is 8.91. The summed E-state index contributed by atoms with van der Waals surface area (Å²) in [5, 5.41) is 16.3. The van der Waals surface area contributed by atoms with Crippen molar-refractivity contribution >= 4 is 39.1 Å². The van der Waals surface area contributed by atoms with Crippen LogP contribution in [0.1, 0.15) is 34.1 Å². The molecule has 20 heteroatoms. The molecule has 8 N–H and O–H groups in total. The van der Waals surface area contributed by atoms with E-state index in [2.05, 4.69) is 51.2 Å². The van der Waals surface area contributed by atoms with E-state index in [1.54, 1.807) is 0 Å². The van der Waals surface area contributed by atoms with Gasteiger partial charge in [0, 0.05) is 6.42 Å². The summed E-state index contributed by atoms with van der Waals surface area (Å²) in [6.07, 6.45) is -0.875. The maximum absolute atomic E-state index is 13.5. The lowest BCUT2D eigenvalue weighted by Gasteiger charge is -2.42. The molecule has 18 nitrogen and oxygen atoms in total. The Balaban J connectivity index is 2.54. The Kier molecular flexibility index (Phi) is 8.84. The number of carbonyl (C=O) groups is 2. The van der Waals surface area contributed by atoms with Crippen LogP contribution in [0.5, 0.6) is 0 Å². The van der Waals surface area contributed by atoms with E-state index in [4.69, 9.17) is 9.47 Å². The monoisotopic (exact) mass is 538 g/mol. The first-order valence-electron chi connectivity index (χ1n) is 10.1. The van der Waals surface area contributed by atoms with Crippen LogP contribution in [0.25, 0.3) is 0 Å². The van der Waals surface area contributed by atoms with Gasteiger partial charge in [-0.2, -0.15) is 20.2 Å². The van der Waals surface area contributed by atoms with Gasteiger partial charge in [0.25, 0.3) is 0 Å². The minimum Gasteiger partial charge on any atom is -0.450 e. The average Bonchev–Trinajstić information content (AvgIpc) is 3.41. The summed E-state index contributed by atoms with van der Waals surface area (Å²) in [6, 6.07) is 0. The van der Waals surface area contributed by atoms with Gasteiger partial charge in [0.05, 0.1) is 13.2 Å². The van der Waals surface area contributed by atoms with Crippen molar-refractivity contribution in [3.05, 3.63) is 12.7 Å². The number of nitrogens with zero attached hydrogens (tertiary/aromatic N) is 4. The summed E-state index contributed by atoms with van der Waals surface area (Å²) in [5.74, 6) is -0.445. The molecule has 2 amide bonds. The quantitative estimate of drug-likeness (QED) is 0.176. The van der Waals surface area contributed by atoms with Gasteiger partial charge in [-0.1, -0.05) is 0 Å². The van der Waals surface area contributed by atoms with Gasteiger partial charge in [-0.3, -0.25) is 19.3 Å². The maximum atomic E-state index is 13.5. The molecule has 35 heavy (non-hydrogen) atoms. The van der Waals surface area contributed by atoms with Gasteiger partial charge >= 0.3 is 27.2 Å². The van der Waals surface area contributed by atoms with Crippen LogP contribution in [0.2, 0.25) is 0 Å². The molecule has 0 aromatic carbocycles. The van der Waals surface area contributed by atoms with Crippen LogP contribution < -0.4 is 20.8 Å². The largest absolute Gasteiger partial charge is 0.450 e. The van der Waals surface area contributed by atoms with Crippen molar-refractivity contribution in [3.8, 4) is 0 Å². The van der Waals surface area contributed by atoms with Crippen LogP contribution in [-0.2, 0) is 18.6 Å². The summed E-state index contributed by atoms with van der Waals surface area (Å²) in [4.78, 5) is 54.0. The van der Waals surface area contributed by atoms with E-state index in [0.29, 0.717) is 0 Å². The second-order valence-electron chi connectivity index (χ2n) is 7.46. The van der Waals surface area contributed by atoms with Crippen LogP contribution in [0.15, 0.2) is 12.7 Å². The number of carbonyl (C=O) groups excluding carboxylic acids is 2. The second-order valence-corrected chi connectivity index (χ2v) is 12.2. The Hall–Kier alpha value is -3.20. The number of H-pyrrole nitrogens is 2. The van der Waals surface area contributed by atoms with Crippen molar-refractivity contribution < 1.29 is 38.0 Å². The number of alkyl carbamates (subject to hydrolysis) is 2. The van der Waals surface area contributed by atoms with Crippen molar-refractivity contribution in [2.45, 2.75) is 44.7 Å². The minimum atomic E-state index is -4.76. The number of ether oxygens (including phenoxy) is 2. The fraction of sp³-hybridized carbons (Fsp3) is 0.600. The average molecular weight is 538 g/mol. The highest BCUT2D eigenvalue weighted by molar-refractivity contribution is 7.62. The van der Waals surface area contributed by atoms with Crippen LogP contribution in [0.4, 0.5) is 21.5 Å². The summed E-state index contributed by atoms with van der Waals surface area (Å²) in [6.45, 7) is 5.12. The lowest BCUT2D eigenvalue weighted by Crippen LogP contribution is -2.57. The molecule has 0 aliphatic carbocycles. The van der Waals surface area contributed by atoms with Crippen molar-refractivity contribution in [2.24, 2.45) is 0 Å². The topological polar surface area (TPSA) is 258 Å². The fourth-order valence-corrected chi connectivity index (χ4v) is 5.91. The van der Waals surface area contributed by atoms with Crippen molar-refractivity contribution in [3.63, 3.8) is 0 Å². The summed E-state index contributed by atoms with van der Waals surface area (Å²) in [7, 11) is -9.52. The first-order valence-corrected chi connectivity index (χ1v) is 13.4. The molecule has 2 aromatic rings. The first-order chi connectivity index (χ1) is 16.3. The molecule has 0 aliphatic rings. The van der Waals surface area contributed by atoms with Crippen molar-refractivity contribution in [2.75, 3.05) is 23.4 Å². The van der Waals surface area contributed by atoms with Crippen LogP contribution in [0, 0.1) is 0 Å². The van der Waals surface area contributed by atoms with E-state index in [-0.39, 0.29) is 25.1 Å². The molecule has 0 saturated heterocycles. The van der Waals surface area contributed by atoms with Crippen molar-refractivity contribution in [1.29, 1.82) is 0 Å². The van der Waals surface area contributed by atoms with E-state index in [0.717, 1.165) is 26.5 Å². The van der Waals surface area contributed by atoms with E-state index in [9.17, 15) is 28.5 Å². The molecular formula is C15H28N10O8P2. The molecular weight excluding hydrogens is 510 g/mol. The molecule has 2 aromatic heterocycles. The standard InChI is InChI=1S/C15H28N10O8P2/c1-5-32-12(26)20-14(3,34(28,29)24-10-16-8-18-22-10)7-15(4,21-13(27)33-6-2)35(30,31)25-11-17-9-19-23-11/h8-9H,5-7H2,1-4H3,(H,20,26)(H,21,27)(H3,16,18,22,24,28,29)(H3,17,19,23,25,30,31)/t14-,15+. The Morgan fingerprint density at radius 1 is 0.886 bits per heavy atom. The van der Waals surface area contributed by atoms with Gasteiger partial charge in [0.15, 0.2) is 0 Å². The SMILES string of the molecule is CCOC(=O)N[C@](C)(C[C@](C)(NC(=O)OCC)P(=O)(O)Nc1ncn[nH]1)P(=O)(O)Nc1ncn[nH]1. The molecule has 4 atom stereocenters. The zero-order chi connectivity index (χ0) is 26.3. The number of rotatable bonds is 12. The van der Waals surface area contributed by atoms with Crippen LogP contribution >= 0.6 is 15.0 Å². The number of nitrogens with one attached hydrogen (secondary N) is 6. The van der Waals surface area contributed by atoms with E-state index < -0.39 is 44.2 Å². The number of aromatic nitrogens is 6. The predicted octanol–water partition coefficient (Wildman–Crippen LogP) is 1.13. The molecule has 0 bridgehead atoms. The normalized spacial score (nSPS) is 18.0. The Labute approximate surface area is 199 Å². The summed E-state index contributed by atoms with van der Waals surface area (Å²) in [5.41, 5.74) is 0. The number of hydrogen-bond donors (Lipinski definition) is 8. The van der Waals surface area contributed by atoms with Gasteiger partial charge in [0.1, 0.15) is 23.2 Å². The zero-order valence-electron chi connectivity index (χ0n) is 19.3. The molecule has 0 saturated carbocycles. The van der Waals surface area contributed by atoms with E-state index in [1.165, 1.54) is 13.8 Å². The molecule has 0 aliphatic heterocycles. The third kappa shape index (κ3) is 6.91. The Morgan fingerprint density at radius 3 is 1.54 bits per heavy atom. The van der Waals surface area contributed by atoms with Gasteiger partial charge in [0.2, 0.25) is 11.9 Å². The highest BCUT2D eigenvalue weighted by Crippen LogP contribution is 2.61. The molecule has 2 heterocycles. The molecule has 0 radical (unpaired) electrons. The number of amides is 2. The zero-order valence-corrected chi connectivity index (χ0v) is 21.1. The lowest BCUT2D eigenvalue weighted by atomic mass is 10.1. The van der Waals surface area contributed by atoms with Gasteiger partial charge < -0.3 is 29.9 Å². The number of anilines is 2. The minimum absolute atomic E-state index is 0.0724. The molecule has 2 rings (SSSR count). The predicted molar refractivity (Wildman–Crippen MR) is 121 cm³/mol. The van der Waals surface area contributed by atoms with Gasteiger partial charge in [-0.25, -0.2) is 19.8 Å².